The SMILES string of the molecule is CCCCC(=O)N(CCNC(=O)[C@@H](CSC(C)=O)Cc1ccccc1)Cc1ccc(-c2ccccc2S(N)(=O)=O)cc1. The molecule has 224 valence electrons. The van der Waals surface area contributed by atoms with Gasteiger partial charge in [-0.3, -0.25) is 14.4 Å². The van der Waals surface area contributed by atoms with Crippen LogP contribution in [0, 0.1) is 5.92 Å². The van der Waals surface area contributed by atoms with Crippen molar-refractivity contribution in [1.82, 2.24) is 10.2 Å². The molecule has 10 heteroatoms. The fourth-order valence-corrected chi connectivity index (χ4v) is 6.01. The van der Waals surface area contributed by atoms with Crippen LogP contribution < -0.4 is 10.5 Å². The summed E-state index contributed by atoms with van der Waals surface area (Å²) in [6, 6.07) is 23.6. The van der Waals surface area contributed by atoms with E-state index in [0.717, 1.165) is 35.7 Å². The van der Waals surface area contributed by atoms with Crippen LogP contribution in [0.3, 0.4) is 0 Å². The minimum atomic E-state index is -3.89. The van der Waals surface area contributed by atoms with Gasteiger partial charge in [-0.25, -0.2) is 13.6 Å². The third kappa shape index (κ3) is 10.4. The quantitative estimate of drug-likeness (QED) is 0.256. The number of nitrogens with two attached hydrogens (primary N) is 1. The van der Waals surface area contributed by atoms with E-state index in [4.69, 9.17) is 5.14 Å². The molecule has 3 rings (SSSR count). The average molecular weight is 610 g/mol. The van der Waals surface area contributed by atoms with Crippen LogP contribution in [0.1, 0.15) is 44.2 Å². The Bertz CT molecular complexity index is 1440. The summed E-state index contributed by atoms with van der Waals surface area (Å²) < 4.78 is 24.1. The third-order valence-electron chi connectivity index (χ3n) is 6.79. The van der Waals surface area contributed by atoms with Crippen LogP contribution in [-0.4, -0.2) is 49.1 Å². The number of hydrogen-bond acceptors (Lipinski definition) is 6. The molecule has 2 amide bonds. The van der Waals surface area contributed by atoms with Crippen molar-refractivity contribution in [3.05, 3.63) is 90.0 Å². The standard InChI is InChI=1S/C32H39N3O5S2/c1-3-4-14-31(37)35(20-19-34-32(38)28(23-41-24(2)36)21-25-10-6-5-7-11-25)22-26-15-17-27(18-16-26)29-12-8-9-13-30(29)42(33,39)40/h5-13,15-18,28H,3-4,14,19-23H2,1-2H3,(H,34,38)(H2,33,39,40)/t28-/m1/s1. The van der Waals surface area contributed by atoms with E-state index >= 15 is 0 Å². The van der Waals surface area contributed by atoms with Gasteiger partial charge in [-0.2, -0.15) is 0 Å². The fourth-order valence-electron chi connectivity index (χ4n) is 4.54. The van der Waals surface area contributed by atoms with Gasteiger partial charge in [-0.1, -0.05) is 97.9 Å². The largest absolute Gasteiger partial charge is 0.354 e. The normalized spacial score (nSPS) is 12.0. The molecule has 3 N–H and O–H groups in total. The monoisotopic (exact) mass is 609 g/mol. The highest BCUT2D eigenvalue weighted by Gasteiger charge is 2.21. The number of thioether (sulfide) groups is 1. The number of nitrogens with zero attached hydrogens (tertiary/aromatic N) is 1. The Morgan fingerprint density at radius 3 is 2.24 bits per heavy atom. The van der Waals surface area contributed by atoms with Crippen molar-refractivity contribution in [2.75, 3.05) is 18.8 Å². The van der Waals surface area contributed by atoms with Crippen molar-refractivity contribution < 1.29 is 22.8 Å². The first kappa shape index (κ1) is 33.0. The average Bonchev–Trinajstić information content (AvgIpc) is 2.97. The van der Waals surface area contributed by atoms with E-state index in [9.17, 15) is 22.8 Å². The lowest BCUT2D eigenvalue weighted by atomic mass is 10.0. The Labute approximate surface area is 253 Å². The molecule has 0 aliphatic carbocycles. The molecule has 3 aromatic carbocycles. The highest BCUT2D eigenvalue weighted by Crippen LogP contribution is 2.27. The first-order valence-corrected chi connectivity index (χ1v) is 16.6. The molecule has 0 unspecified atom stereocenters. The number of hydrogen-bond donors (Lipinski definition) is 2. The zero-order valence-electron chi connectivity index (χ0n) is 24.1. The number of carbonyl (C=O) groups excluding carboxylic acids is 3. The lowest BCUT2D eigenvalue weighted by Gasteiger charge is -2.24. The number of primary sulfonamides is 1. The summed E-state index contributed by atoms with van der Waals surface area (Å²) in [4.78, 5) is 39.6. The highest BCUT2D eigenvalue weighted by atomic mass is 32.2. The zero-order valence-corrected chi connectivity index (χ0v) is 25.8. The molecule has 42 heavy (non-hydrogen) atoms. The second-order valence-electron chi connectivity index (χ2n) is 10.1. The van der Waals surface area contributed by atoms with Crippen molar-refractivity contribution in [2.24, 2.45) is 11.1 Å². The Hall–Kier alpha value is -3.47. The first-order chi connectivity index (χ1) is 20.1. The van der Waals surface area contributed by atoms with Gasteiger partial charge in [-0.05, 0) is 35.6 Å². The highest BCUT2D eigenvalue weighted by molar-refractivity contribution is 8.13. The van der Waals surface area contributed by atoms with Gasteiger partial charge in [0.1, 0.15) is 0 Å². The summed E-state index contributed by atoms with van der Waals surface area (Å²) in [6.45, 7) is 4.49. The molecule has 0 saturated carbocycles. The number of sulfonamides is 1. The Morgan fingerprint density at radius 2 is 1.60 bits per heavy atom. The smallest absolute Gasteiger partial charge is 0.238 e. The van der Waals surface area contributed by atoms with E-state index in [1.54, 1.807) is 23.1 Å². The molecule has 0 heterocycles. The van der Waals surface area contributed by atoms with Crippen molar-refractivity contribution in [1.29, 1.82) is 0 Å². The van der Waals surface area contributed by atoms with Gasteiger partial charge < -0.3 is 10.2 Å². The molecule has 0 spiro atoms. The van der Waals surface area contributed by atoms with Gasteiger partial charge in [0.2, 0.25) is 21.8 Å². The van der Waals surface area contributed by atoms with Gasteiger partial charge in [0, 0.05) is 44.3 Å². The molecule has 0 aliphatic rings. The van der Waals surface area contributed by atoms with Crippen molar-refractivity contribution in [3.8, 4) is 11.1 Å². The summed E-state index contributed by atoms with van der Waals surface area (Å²) in [7, 11) is -3.89. The second-order valence-corrected chi connectivity index (χ2v) is 12.9. The van der Waals surface area contributed by atoms with E-state index in [1.165, 1.54) is 13.0 Å². The van der Waals surface area contributed by atoms with Gasteiger partial charge >= 0.3 is 0 Å². The maximum absolute atomic E-state index is 13.1. The molecule has 0 saturated heterocycles. The zero-order chi connectivity index (χ0) is 30.5. The predicted molar refractivity (Wildman–Crippen MR) is 168 cm³/mol. The molecular formula is C32H39N3O5S2. The van der Waals surface area contributed by atoms with Crippen LogP contribution in [0.2, 0.25) is 0 Å². The van der Waals surface area contributed by atoms with E-state index in [-0.39, 0.29) is 34.3 Å². The Balaban J connectivity index is 1.68. The number of amides is 2. The van der Waals surface area contributed by atoms with Crippen molar-refractivity contribution in [2.45, 2.75) is 51.0 Å². The molecular weight excluding hydrogens is 571 g/mol. The number of benzene rings is 3. The third-order valence-corrected chi connectivity index (χ3v) is 8.74. The number of unbranched alkanes of at least 4 members (excludes halogenated alkanes) is 1. The summed E-state index contributed by atoms with van der Waals surface area (Å²) >= 11 is 1.14. The van der Waals surface area contributed by atoms with Gasteiger partial charge in [0.05, 0.1) is 10.8 Å². The van der Waals surface area contributed by atoms with Crippen LogP contribution in [0.5, 0.6) is 0 Å². The summed E-state index contributed by atoms with van der Waals surface area (Å²) in [6.07, 6.45) is 2.60. The molecule has 3 aromatic rings. The predicted octanol–water partition coefficient (Wildman–Crippen LogP) is 4.77. The minimum Gasteiger partial charge on any atom is -0.354 e. The van der Waals surface area contributed by atoms with E-state index in [2.05, 4.69) is 5.32 Å². The lowest BCUT2D eigenvalue weighted by Crippen LogP contribution is -2.41. The van der Waals surface area contributed by atoms with Gasteiger partial charge in [0.15, 0.2) is 5.12 Å². The van der Waals surface area contributed by atoms with Crippen LogP contribution in [0.25, 0.3) is 11.1 Å². The maximum Gasteiger partial charge on any atom is 0.238 e. The molecule has 0 aromatic heterocycles. The van der Waals surface area contributed by atoms with E-state index in [1.807, 2.05) is 61.5 Å². The van der Waals surface area contributed by atoms with Crippen LogP contribution in [0.4, 0.5) is 0 Å². The summed E-state index contributed by atoms with van der Waals surface area (Å²) in [5.41, 5.74) is 3.11. The molecule has 0 bridgehead atoms. The van der Waals surface area contributed by atoms with Gasteiger partial charge in [0.25, 0.3) is 0 Å². The van der Waals surface area contributed by atoms with E-state index < -0.39 is 10.0 Å². The van der Waals surface area contributed by atoms with Gasteiger partial charge in [-0.15, -0.1) is 0 Å². The molecule has 0 fully saturated rings. The second kappa shape index (κ2) is 16.2. The van der Waals surface area contributed by atoms with Crippen LogP contribution in [-0.2, 0) is 37.4 Å². The molecule has 8 nitrogen and oxygen atoms in total. The summed E-state index contributed by atoms with van der Waals surface area (Å²) in [5.74, 6) is -0.136. The Kier molecular flexibility index (Phi) is 12.8. The number of rotatable bonds is 15. The Morgan fingerprint density at radius 1 is 0.929 bits per heavy atom. The molecule has 0 aliphatic heterocycles. The van der Waals surface area contributed by atoms with Crippen molar-refractivity contribution >= 4 is 38.7 Å². The van der Waals surface area contributed by atoms with Crippen molar-refractivity contribution in [3.63, 3.8) is 0 Å². The summed E-state index contributed by atoms with van der Waals surface area (Å²) in [5, 5.41) is 8.34. The fraction of sp³-hybridized carbons (Fsp3) is 0.344. The van der Waals surface area contributed by atoms with Crippen LogP contribution in [0.15, 0.2) is 83.8 Å². The molecule has 0 radical (unpaired) electrons. The first-order valence-electron chi connectivity index (χ1n) is 14.0. The minimum absolute atomic E-state index is 0.00252. The number of nitrogens with one attached hydrogen (secondary N) is 1. The molecule has 1 atom stereocenters. The van der Waals surface area contributed by atoms with Crippen LogP contribution >= 0.6 is 11.8 Å². The topological polar surface area (TPSA) is 127 Å². The lowest BCUT2D eigenvalue weighted by molar-refractivity contribution is -0.132. The maximum atomic E-state index is 13.1. The van der Waals surface area contributed by atoms with E-state index in [0.29, 0.717) is 42.8 Å². The number of carbonyl (C=O) groups is 3.